The van der Waals surface area contributed by atoms with Gasteiger partial charge in [0.05, 0.1) is 30.2 Å². The minimum absolute atomic E-state index is 0.0375. The molecule has 4 rings (SSSR count). The lowest BCUT2D eigenvalue weighted by atomic mass is 9.88. The molecule has 4 heterocycles. The number of anilines is 1. The van der Waals surface area contributed by atoms with E-state index in [1.54, 1.807) is 22.2 Å². The van der Waals surface area contributed by atoms with Crippen LogP contribution in [-0.4, -0.2) is 56.3 Å². The second kappa shape index (κ2) is 5.95. The molecule has 2 saturated heterocycles. The van der Waals surface area contributed by atoms with E-state index < -0.39 is 0 Å². The standard InChI is InChI=1S/C16H16N6O2/c23-15-13-9-21(16(24)14-7-17-2-3-20-14)8-11(13)1-4-22(15)12-5-18-10-19-6-12/h2-3,5-7,10-11,13H,1,4,8-9H2/t11-,13+/m0/s1. The van der Waals surface area contributed by atoms with Crippen molar-refractivity contribution in [3.05, 3.63) is 43.0 Å². The van der Waals surface area contributed by atoms with Gasteiger partial charge in [-0.05, 0) is 12.3 Å². The van der Waals surface area contributed by atoms with E-state index in [0.717, 1.165) is 6.42 Å². The van der Waals surface area contributed by atoms with Gasteiger partial charge >= 0.3 is 0 Å². The first-order valence-electron chi connectivity index (χ1n) is 7.85. The number of carbonyl (C=O) groups excluding carboxylic acids is 2. The summed E-state index contributed by atoms with van der Waals surface area (Å²) in [4.78, 5) is 44.7. The van der Waals surface area contributed by atoms with Crippen molar-refractivity contribution in [1.29, 1.82) is 0 Å². The largest absolute Gasteiger partial charge is 0.336 e. The number of carbonyl (C=O) groups is 2. The van der Waals surface area contributed by atoms with Gasteiger partial charge in [0.15, 0.2) is 0 Å². The summed E-state index contributed by atoms with van der Waals surface area (Å²) in [7, 11) is 0. The summed E-state index contributed by atoms with van der Waals surface area (Å²) in [5.74, 6) is -0.117. The zero-order chi connectivity index (χ0) is 16.5. The lowest BCUT2D eigenvalue weighted by Gasteiger charge is -2.33. The van der Waals surface area contributed by atoms with E-state index in [4.69, 9.17) is 0 Å². The molecule has 2 aliphatic heterocycles. The van der Waals surface area contributed by atoms with Crippen molar-refractivity contribution in [2.24, 2.45) is 11.8 Å². The van der Waals surface area contributed by atoms with Gasteiger partial charge in [0.1, 0.15) is 12.0 Å². The summed E-state index contributed by atoms with van der Waals surface area (Å²) < 4.78 is 0. The van der Waals surface area contributed by atoms with Crippen molar-refractivity contribution in [3.8, 4) is 0 Å². The highest BCUT2D eigenvalue weighted by Gasteiger charge is 2.44. The Morgan fingerprint density at radius 2 is 1.92 bits per heavy atom. The molecule has 0 N–H and O–H groups in total. The second-order valence-electron chi connectivity index (χ2n) is 6.04. The van der Waals surface area contributed by atoms with Gasteiger partial charge in [0.25, 0.3) is 5.91 Å². The van der Waals surface area contributed by atoms with Crippen LogP contribution in [0.15, 0.2) is 37.3 Å². The fraction of sp³-hybridized carbons (Fsp3) is 0.375. The number of aromatic nitrogens is 4. The van der Waals surface area contributed by atoms with Gasteiger partial charge in [0.2, 0.25) is 5.91 Å². The Hall–Kier alpha value is -2.90. The predicted octanol–water partition coefficient (Wildman–Crippen LogP) is 0.392. The fourth-order valence-electron chi connectivity index (χ4n) is 3.47. The van der Waals surface area contributed by atoms with Crippen molar-refractivity contribution in [1.82, 2.24) is 24.8 Å². The zero-order valence-corrected chi connectivity index (χ0v) is 12.9. The Labute approximate surface area is 138 Å². The van der Waals surface area contributed by atoms with E-state index in [0.29, 0.717) is 31.0 Å². The van der Waals surface area contributed by atoms with Gasteiger partial charge in [-0.25, -0.2) is 15.0 Å². The van der Waals surface area contributed by atoms with Crippen LogP contribution in [0.1, 0.15) is 16.9 Å². The van der Waals surface area contributed by atoms with Gasteiger partial charge in [-0.2, -0.15) is 0 Å². The van der Waals surface area contributed by atoms with Gasteiger partial charge in [-0.1, -0.05) is 0 Å². The van der Waals surface area contributed by atoms with Crippen LogP contribution in [0.4, 0.5) is 5.69 Å². The highest BCUT2D eigenvalue weighted by Crippen LogP contribution is 2.34. The summed E-state index contributed by atoms with van der Waals surface area (Å²) in [5, 5.41) is 0. The van der Waals surface area contributed by atoms with Crippen molar-refractivity contribution < 1.29 is 9.59 Å². The highest BCUT2D eigenvalue weighted by atomic mass is 16.2. The van der Waals surface area contributed by atoms with Gasteiger partial charge < -0.3 is 9.80 Å². The molecule has 2 aromatic rings. The molecule has 2 amide bonds. The summed E-state index contributed by atoms with van der Waals surface area (Å²) in [6.07, 6.45) is 10.1. The summed E-state index contributed by atoms with van der Waals surface area (Å²) in [5.41, 5.74) is 1.02. The molecule has 2 fully saturated rings. The molecule has 8 heteroatoms. The number of amides is 2. The Balaban J connectivity index is 1.51. The Bertz CT molecular complexity index is 754. The first-order chi connectivity index (χ1) is 11.7. The van der Waals surface area contributed by atoms with Crippen LogP contribution >= 0.6 is 0 Å². The van der Waals surface area contributed by atoms with E-state index in [9.17, 15) is 9.59 Å². The second-order valence-corrected chi connectivity index (χ2v) is 6.04. The minimum atomic E-state index is -0.181. The summed E-state index contributed by atoms with van der Waals surface area (Å²) >= 11 is 0. The van der Waals surface area contributed by atoms with E-state index in [2.05, 4.69) is 19.9 Å². The summed E-state index contributed by atoms with van der Waals surface area (Å²) in [6.45, 7) is 1.63. The molecule has 0 aliphatic carbocycles. The monoisotopic (exact) mass is 324 g/mol. The quantitative estimate of drug-likeness (QED) is 0.793. The molecular weight excluding hydrogens is 308 g/mol. The maximum atomic E-state index is 12.8. The van der Waals surface area contributed by atoms with Gasteiger partial charge in [-0.15, -0.1) is 0 Å². The lowest BCUT2D eigenvalue weighted by molar-refractivity contribution is -0.124. The van der Waals surface area contributed by atoms with Crippen LogP contribution in [-0.2, 0) is 4.79 Å². The third-order valence-corrected chi connectivity index (χ3v) is 4.68. The van der Waals surface area contributed by atoms with E-state index >= 15 is 0 Å². The molecule has 24 heavy (non-hydrogen) atoms. The van der Waals surface area contributed by atoms with Crippen LogP contribution < -0.4 is 4.90 Å². The van der Waals surface area contributed by atoms with Crippen molar-refractivity contribution >= 4 is 17.5 Å². The Morgan fingerprint density at radius 3 is 2.67 bits per heavy atom. The lowest BCUT2D eigenvalue weighted by Crippen LogP contribution is -2.45. The molecule has 8 nitrogen and oxygen atoms in total. The average molecular weight is 324 g/mol. The molecule has 0 radical (unpaired) electrons. The molecule has 0 bridgehead atoms. The van der Waals surface area contributed by atoms with Crippen molar-refractivity contribution in [2.75, 3.05) is 24.5 Å². The van der Waals surface area contributed by atoms with Crippen LogP contribution in [0.2, 0.25) is 0 Å². The van der Waals surface area contributed by atoms with Crippen LogP contribution in [0, 0.1) is 11.8 Å². The van der Waals surface area contributed by atoms with Crippen molar-refractivity contribution in [2.45, 2.75) is 6.42 Å². The number of hydrogen-bond acceptors (Lipinski definition) is 6. The summed E-state index contributed by atoms with van der Waals surface area (Å²) in [6, 6.07) is 0. The van der Waals surface area contributed by atoms with Crippen molar-refractivity contribution in [3.63, 3.8) is 0 Å². The topological polar surface area (TPSA) is 92.2 Å². The molecular formula is C16H16N6O2. The average Bonchev–Trinajstić information content (AvgIpc) is 3.08. The van der Waals surface area contributed by atoms with E-state index in [-0.39, 0.29) is 23.7 Å². The highest BCUT2D eigenvalue weighted by molar-refractivity contribution is 5.98. The molecule has 2 aliphatic rings. The maximum Gasteiger partial charge on any atom is 0.274 e. The zero-order valence-electron chi connectivity index (χ0n) is 12.9. The number of hydrogen-bond donors (Lipinski definition) is 0. The van der Waals surface area contributed by atoms with Crippen LogP contribution in [0.3, 0.4) is 0 Å². The third kappa shape index (κ3) is 2.49. The molecule has 0 unspecified atom stereocenters. The maximum absolute atomic E-state index is 12.8. The van der Waals surface area contributed by atoms with Gasteiger partial charge in [0, 0.05) is 32.0 Å². The van der Waals surface area contributed by atoms with E-state index in [1.165, 1.54) is 24.9 Å². The Kier molecular flexibility index (Phi) is 3.64. The normalized spacial score (nSPS) is 23.2. The predicted molar refractivity (Wildman–Crippen MR) is 83.9 cm³/mol. The van der Waals surface area contributed by atoms with E-state index in [1.807, 2.05) is 0 Å². The number of rotatable bonds is 2. The number of fused-ring (bicyclic) bond motifs is 1. The third-order valence-electron chi connectivity index (χ3n) is 4.68. The SMILES string of the molecule is O=C(c1cnccn1)N1C[C@@H]2CCN(c3cncnc3)C(=O)[C@@H]2C1. The van der Waals surface area contributed by atoms with Crippen LogP contribution in [0.25, 0.3) is 0 Å². The minimum Gasteiger partial charge on any atom is -0.336 e. The number of likely N-dealkylation sites (tertiary alicyclic amines) is 1. The molecule has 0 spiro atoms. The Morgan fingerprint density at radius 1 is 1.08 bits per heavy atom. The fourth-order valence-corrected chi connectivity index (χ4v) is 3.47. The van der Waals surface area contributed by atoms with Gasteiger partial charge in [-0.3, -0.25) is 14.6 Å². The molecule has 122 valence electrons. The molecule has 2 atom stereocenters. The number of nitrogens with zero attached hydrogens (tertiary/aromatic N) is 6. The molecule has 0 saturated carbocycles. The van der Waals surface area contributed by atoms with Crippen LogP contribution in [0.5, 0.6) is 0 Å². The molecule has 2 aromatic heterocycles. The first-order valence-corrected chi connectivity index (χ1v) is 7.85. The number of piperidine rings is 1. The smallest absolute Gasteiger partial charge is 0.274 e. The first kappa shape index (κ1) is 14.7. The molecule has 0 aromatic carbocycles.